The molecule has 1 saturated heterocycles. The van der Waals surface area contributed by atoms with E-state index in [1.165, 1.54) is 4.88 Å². The van der Waals surface area contributed by atoms with Crippen molar-refractivity contribution in [2.45, 2.75) is 99.8 Å². The van der Waals surface area contributed by atoms with Gasteiger partial charge in [-0.25, -0.2) is 4.98 Å². The number of carbonyl (C=O) groups is 2. The topological polar surface area (TPSA) is 74.3 Å². The summed E-state index contributed by atoms with van der Waals surface area (Å²) in [5.74, 6) is -0.0722. The number of carbonyl (C=O) groups excluding carboxylic acids is 2. The van der Waals surface area contributed by atoms with Crippen molar-refractivity contribution in [2.75, 3.05) is 6.54 Å². The van der Waals surface area contributed by atoms with Crippen molar-refractivity contribution in [3.8, 4) is 10.4 Å². The van der Waals surface area contributed by atoms with E-state index < -0.39 is 0 Å². The van der Waals surface area contributed by atoms with Gasteiger partial charge >= 0.3 is 0 Å². The molecule has 1 fully saturated rings. The Balaban J connectivity index is 0.000000433. The Labute approximate surface area is 216 Å². The predicted octanol–water partition coefficient (Wildman–Crippen LogP) is 5.80. The Bertz CT molecular complexity index is 887. The van der Waals surface area contributed by atoms with Gasteiger partial charge in [0, 0.05) is 25.2 Å². The molecular weight excluding hydrogens is 456 g/mol. The van der Waals surface area contributed by atoms with Gasteiger partial charge in [0.15, 0.2) is 0 Å². The normalized spacial score (nSPS) is 16.1. The standard InChI is InChI=1S/C17H19N3O2S.C9H21N.C2H6/c1-12-16(23-10-19-12)14-6-4-13(5-7-14)9-18-17(22)15-3-2-8-20(15)11-21;1-7(2)10-8(3)9(4,5)6;1-2/h4-7,10-11,15H,2-3,8-9H2,1H3,(H,18,22);7-8,10H,1-6H3;1-2H3. The minimum Gasteiger partial charge on any atom is -0.350 e. The molecule has 196 valence electrons. The van der Waals surface area contributed by atoms with Crippen molar-refractivity contribution in [1.29, 1.82) is 0 Å². The largest absolute Gasteiger partial charge is 0.350 e. The van der Waals surface area contributed by atoms with Crippen molar-refractivity contribution in [1.82, 2.24) is 20.5 Å². The lowest BCUT2D eigenvalue weighted by atomic mass is 9.88. The molecule has 2 unspecified atom stereocenters. The number of nitrogens with one attached hydrogen (secondary N) is 2. The molecule has 7 heteroatoms. The van der Waals surface area contributed by atoms with E-state index >= 15 is 0 Å². The number of benzene rings is 1. The summed E-state index contributed by atoms with van der Waals surface area (Å²) in [4.78, 5) is 30.1. The summed E-state index contributed by atoms with van der Waals surface area (Å²) in [6.07, 6.45) is 2.40. The van der Waals surface area contributed by atoms with Crippen molar-refractivity contribution < 1.29 is 9.59 Å². The number of hydrogen-bond acceptors (Lipinski definition) is 5. The van der Waals surface area contributed by atoms with Crippen LogP contribution in [0.1, 0.15) is 79.5 Å². The van der Waals surface area contributed by atoms with Crippen molar-refractivity contribution in [3.05, 3.63) is 41.0 Å². The van der Waals surface area contributed by atoms with Crippen LogP contribution in [0, 0.1) is 12.3 Å². The van der Waals surface area contributed by atoms with E-state index in [-0.39, 0.29) is 11.9 Å². The Hall–Kier alpha value is -2.25. The average Bonchev–Trinajstić information content (AvgIpc) is 3.47. The van der Waals surface area contributed by atoms with E-state index in [0.717, 1.165) is 36.1 Å². The highest BCUT2D eigenvalue weighted by atomic mass is 32.1. The van der Waals surface area contributed by atoms with Gasteiger partial charge in [0.25, 0.3) is 0 Å². The Morgan fingerprint density at radius 3 is 2.29 bits per heavy atom. The molecule has 0 bridgehead atoms. The molecule has 2 atom stereocenters. The third kappa shape index (κ3) is 10.1. The quantitative estimate of drug-likeness (QED) is 0.469. The fourth-order valence-corrected chi connectivity index (χ4v) is 4.42. The third-order valence-corrected chi connectivity index (χ3v) is 7.02. The lowest BCUT2D eigenvalue weighted by molar-refractivity contribution is -0.131. The Morgan fingerprint density at radius 1 is 1.20 bits per heavy atom. The maximum atomic E-state index is 12.2. The number of likely N-dealkylation sites (tertiary alicyclic amines) is 1. The molecule has 2 N–H and O–H groups in total. The second-order valence-electron chi connectivity index (χ2n) is 10.1. The van der Waals surface area contributed by atoms with Crippen LogP contribution in [0.2, 0.25) is 0 Å². The monoisotopic (exact) mass is 502 g/mol. The molecule has 1 aliphatic rings. The van der Waals surface area contributed by atoms with E-state index in [1.54, 1.807) is 16.2 Å². The van der Waals surface area contributed by atoms with Crippen molar-refractivity contribution in [2.24, 2.45) is 5.41 Å². The van der Waals surface area contributed by atoms with Gasteiger partial charge in [0.2, 0.25) is 12.3 Å². The average molecular weight is 503 g/mol. The molecule has 0 saturated carbocycles. The smallest absolute Gasteiger partial charge is 0.243 e. The number of thiazole rings is 1. The molecular formula is C28H46N4O2S. The maximum Gasteiger partial charge on any atom is 0.243 e. The molecule has 6 nitrogen and oxygen atoms in total. The molecule has 0 radical (unpaired) electrons. The van der Waals surface area contributed by atoms with E-state index in [4.69, 9.17) is 0 Å². The number of aryl methyl sites for hydroxylation is 1. The van der Waals surface area contributed by atoms with E-state index in [2.05, 4.69) is 69.3 Å². The van der Waals surface area contributed by atoms with Crippen LogP contribution in [0.25, 0.3) is 10.4 Å². The molecule has 3 rings (SSSR count). The van der Waals surface area contributed by atoms with Crippen LogP contribution in [0.5, 0.6) is 0 Å². The first-order valence-electron chi connectivity index (χ1n) is 12.8. The first kappa shape index (κ1) is 30.8. The zero-order valence-electron chi connectivity index (χ0n) is 23.1. The van der Waals surface area contributed by atoms with Gasteiger partial charge in [0.1, 0.15) is 6.04 Å². The molecule has 1 aromatic carbocycles. The van der Waals surface area contributed by atoms with Gasteiger partial charge in [-0.05, 0) is 43.2 Å². The Morgan fingerprint density at radius 2 is 1.83 bits per heavy atom. The van der Waals surface area contributed by atoms with E-state index in [1.807, 2.05) is 38.4 Å². The second kappa shape index (κ2) is 15.0. The number of amides is 2. The predicted molar refractivity (Wildman–Crippen MR) is 148 cm³/mol. The summed E-state index contributed by atoms with van der Waals surface area (Å²) < 4.78 is 0. The number of rotatable bonds is 7. The summed E-state index contributed by atoms with van der Waals surface area (Å²) in [5.41, 5.74) is 5.44. The van der Waals surface area contributed by atoms with E-state index in [9.17, 15) is 9.59 Å². The molecule has 2 heterocycles. The van der Waals surface area contributed by atoms with E-state index in [0.29, 0.717) is 30.6 Å². The van der Waals surface area contributed by atoms with Gasteiger partial charge in [-0.3, -0.25) is 9.59 Å². The van der Waals surface area contributed by atoms with Crippen LogP contribution in [-0.4, -0.2) is 46.9 Å². The minimum absolute atomic E-state index is 0.0722. The van der Waals surface area contributed by atoms with Crippen molar-refractivity contribution in [3.63, 3.8) is 0 Å². The highest BCUT2D eigenvalue weighted by Gasteiger charge is 2.29. The molecule has 2 amide bonds. The van der Waals surface area contributed by atoms with Crippen LogP contribution in [0.4, 0.5) is 0 Å². The highest BCUT2D eigenvalue weighted by Crippen LogP contribution is 2.27. The molecule has 2 aromatic rings. The minimum atomic E-state index is -0.313. The summed E-state index contributed by atoms with van der Waals surface area (Å²) in [6.45, 7) is 20.5. The fourth-order valence-electron chi connectivity index (χ4n) is 3.61. The van der Waals surface area contributed by atoms with Gasteiger partial charge in [0.05, 0.1) is 16.1 Å². The molecule has 35 heavy (non-hydrogen) atoms. The zero-order chi connectivity index (χ0) is 26.6. The fraction of sp³-hybridized carbons (Fsp3) is 0.607. The molecule has 0 aliphatic carbocycles. The zero-order valence-corrected chi connectivity index (χ0v) is 24.0. The SMILES string of the molecule is CC.CC(C)NC(C)C(C)(C)C.Cc1ncsc1-c1ccc(CNC(=O)C2CCCN2C=O)cc1. The van der Waals surface area contributed by atoms with Crippen LogP contribution in [-0.2, 0) is 16.1 Å². The third-order valence-electron chi connectivity index (χ3n) is 6.04. The van der Waals surface area contributed by atoms with Gasteiger partial charge in [-0.2, -0.15) is 0 Å². The summed E-state index contributed by atoms with van der Waals surface area (Å²) >= 11 is 1.63. The summed E-state index contributed by atoms with van der Waals surface area (Å²) in [5, 5.41) is 6.40. The molecule has 0 spiro atoms. The van der Waals surface area contributed by atoms with Gasteiger partial charge in [-0.15, -0.1) is 11.3 Å². The Kier molecular flexibility index (Phi) is 13.2. The second-order valence-corrected chi connectivity index (χ2v) is 10.9. The van der Waals surface area contributed by atoms with Crippen LogP contribution in [0.15, 0.2) is 29.8 Å². The summed E-state index contributed by atoms with van der Waals surface area (Å²) in [6, 6.07) is 9.00. The maximum absolute atomic E-state index is 12.2. The van der Waals surface area contributed by atoms with Crippen molar-refractivity contribution >= 4 is 23.7 Å². The first-order chi connectivity index (χ1) is 16.5. The molecule has 1 aliphatic heterocycles. The lowest BCUT2D eigenvalue weighted by Gasteiger charge is -2.29. The summed E-state index contributed by atoms with van der Waals surface area (Å²) in [7, 11) is 0. The van der Waals surface area contributed by atoms with Crippen LogP contribution in [0.3, 0.4) is 0 Å². The van der Waals surface area contributed by atoms with Crippen LogP contribution >= 0.6 is 11.3 Å². The first-order valence-corrected chi connectivity index (χ1v) is 13.6. The van der Waals surface area contributed by atoms with Crippen LogP contribution < -0.4 is 10.6 Å². The number of hydrogen-bond donors (Lipinski definition) is 2. The number of aromatic nitrogens is 1. The number of nitrogens with zero attached hydrogens (tertiary/aromatic N) is 2. The lowest BCUT2D eigenvalue weighted by Crippen LogP contribution is -2.42. The molecule has 1 aromatic heterocycles. The van der Waals surface area contributed by atoms with Gasteiger partial charge < -0.3 is 15.5 Å². The van der Waals surface area contributed by atoms with Gasteiger partial charge in [-0.1, -0.05) is 72.7 Å². The highest BCUT2D eigenvalue weighted by molar-refractivity contribution is 7.13.